The summed E-state index contributed by atoms with van der Waals surface area (Å²) in [5.41, 5.74) is 2.04. The molecule has 0 aromatic heterocycles. The van der Waals surface area contributed by atoms with Crippen LogP contribution in [0.15, 0.2) is 46.8 Å². The summed E-state index contributed by atoms with van der Waals surface area (Å²) in [5.74, 6) is -1.99. The Kier molecular flexibility index (Phi) is 7.35. The summed E-state index contributed by atoms with van der Waals surface area (Å²) >= 11 is 10.9. The van der Waals surface area contributed by atoms with Crippen LogP contribution in [-0.4, -0.2) is 43.1 Å². The van der Waals surface area contributed by atoms with Crippen molar-refractivity contribution >= 4 is 36.2 Å². The molecule has 0 amide bonds. The Labute approximate surface area is 168 Å². The highest BCUT2D eigenvalue weighted by Gasteiger charge is 2.40. The lowest BCUT2D eigenvalue weighted by atomic mass is 9.79. The second kappa shape index (κ2) is 9.30. The fraction of sp³-hybridized carbons (Fsp3) is 0.368. The van der Waals surface area contributed by atoms with Crippen LogP contribution in [0.25, 0.3) is 0 Å². The molecule has 0 saturated carbocycles. The molecule has 1 aromatic rings. The molecule has 27 heavy (non-hydrogen) atoms. The highest BCUT2D eigenvalue weighted by Crippen LogP contribution is 2.43. The van der Waals surface area contributed by atoms with Crippen LogP contribution in [0.2, 0.25) is 5.02 Å². The van der Waals surface area contributed by atoms with Gasteiger partial charge in [0.05, 0.1) is 31.3 Å². The van der Waals surface area contributed by atoms with E-state index in [0.29, 0.717) is 28.4 Å². The minimum absolute atomic E-state index is 0.114. The molecule has 0 fully saturated rings. The van der Waals surface area contributed by atoms with Crippen molar-refractivity contribution in [3.8, 4) is 0 Å². The number of carbonyl (C=O) groups is 2. The lowest BCUT2D eigenvalue weighted by Gasteiger charge is -2.33. The molecule has 2 unspecified atom stereocenters. The lowest BCUT2D eigenvalue weighted by Crippen LogP contribution is -2.36. The summed E-state index contributed by atoms with van der Waals surface area (Å²) in [4.78, 5) is 25.2. The second-order valence-electron chi connectivity index (χ2n) is 5.96. The van der Waals surface area contributed by atoms with Crippen LogP contribution >= 0.6 is 24.2 Å². The summed E-state index contributed by atoms with van der Waals surface area (Å²) in [7, 11) is 2.54. The van der Waals surface area contributed by atoms with Gasteiger partial charge in [0.2, 0.25) is 0 Å². The van der Waals surface area contributed by atoms with E-state index < -0.39 is 23.1 Å². The van der Waals surface area contributed by atoms with E-state index in [2.05, 4.69) is 17.9 Å². The van der Waals surface area contributed by atoms with Crippen molar-refractivity contribution in [1.82, 2.24) is 5.32 Å². The molecule has 1 heterocycles. The van der Waals surface area contributed by atoms with Gasteiger partial charge in [-0.3, -0.25) is 0 Å². The number of halogens is 1. The Morgan fingerprint density at radius 2 is 1.81 bits per heavy atom. The first-order chi connectivity index (χ1) is 12.9. The minimum atomic E-state index is -0.789. The third-order valence-electron chi connectivity index (χ3n) is 4.36. The van der Waals surface area contributed by atoms with Crippen molar-refractivity contribution in [2.45, 2.75) is 24.5 Å². The monoisotopic (exact) mass is 411 g/mol. The topological polar surface area (TPSA) is 84.9 Å². The Balaban J connectivity index is 2.79. The number of rotatable bonds is 6. The molecule has 0 radical (unpaired) electrons. The Morgan fingerprint density at radius 3 is 2.37 bits per heavy atom. The highest BCUT2D eigenvalue weighted by molar-refractivity contribution is 7.81. The van der Waals surface area contributed by atoms with E-state index >= 15 is 0 Å². The number of benzene rings is 1. The number of hydrogen-bond donors (Lipinski definition) is 3. The van der Waals surface area contributed by atoms with Crippen molar-refractivity contribution in [2.75, 3.05) is 20.8 Å². The van der Waals surface area contributed by atoms with Crippen molar-refractivity contribution in [3.05, 3.63) is 57.4 Å². The van der Waals surface area contributed by atoms with E-state index in [-0.39, 0.29) is 17.8 Å². The third kappa shape index (κ3) is 4.31. The van der Waals surface area contributed by atoms with E-state index in [1.807, 2.05) is 0 Å². The second-order valence-corrected chi connectivity index (χ2v) is 6.99. The number of esters is 2. The molecular formula is C19H22ClNO5S. The molecule has 2 N–H and O–H groups in total. The van der Waals surface area contributed by atoms with Crippen LogP contribution in [0.1, 0.15) is 24.8 Å². The van der Waals surface area contributed by atoms with Crippen LogP contribution in [-0.2, 0) is 19.1 Å². The molecule has 0 saturated heterocycles. The summed E-state index contributed by atoms with van der Waals surface area (Å²) in [5, 5.41) is 12.3. The number of carbonyl (C=O) groups excluding carboxylic acids is 2. The van der Waals surface area contributed by atoms with Gasteiger partial charge in [-0.25, -0.2) is 9.59 Å². The molecule has 146 valence electrons. The summed E-state index contributed by atoms with van der Waals surface area (Å²) in [6.45, 7) is 1.60. The number of hydrogen-bond acceptors (Lipinski definition) is 7. The number of thiol groups is 1. The smallest absolute Gasteiger partial charge is 0.336 e. The molecule has 1 aliphatic rings. The fourth-order valence-electron chi connectivity index (χ4n) is 3.12. The van der Waals surface area contributed by atoms with E-state index in [1.54, 1.807) is 31.2 Å². The van der Waals surface area contributed by atoms with Gasteiger partial charge in [-0.15, -0.1) is 0 Å². The van der Waals surface area contributed by atoms with Gasteiger partial charge in [-0.05, 0) is 25.0 Å². The first-order valence-electron chi connectivity index (χ1n) is 8.29. The Hall–Kier alpha value is -1.96. The molecule has 0 spiro atoms. The Morgan fingerprint density at radius 1 is 1.22 bits per heavy atom. The summed E-state index contributed by atoms with van der Waals surface area (Å²) in [6.07, 6.45) is 0.308. The van der Waals surface area contributed by atoms with Crippen LogP contribution in [0, 0.1) is 0 Å². The van der Waals surface area contributed by atoms with Gasteiger partial charge in [-0.2, -0.15) is 12.6 Å². The predicted molar refractivity (Wildman–Crippen MR) is 106 cm³/mol. The third-order valence-corrected chi connectivity index (χ3v) is 5.22. The Bertz CT molecular complexity index is 805. The van der Waals surface area contributed by atoms with Crippen molar-refractivity contribution < 1.29 is 24.2 Å². The average Bonchev–Trinajstić information content (AvgIpc) is 2.66. The van der Waals surface area contributed by atoms with Crippen molar-refractivity contribution in [3.63, 3.8) is 0 Å². The van der Waals surface area contributed by atoms with Crippen LogP contribution in [0.4, 0.5) is 0 Å². The van der Waals surface area contributed by atoms with Crippen molar-refractivity contribution in [1.29, 1.82) is 0 Å². The largest absolute Gasteiger partial charge is 0.466 e. The maximum Gasteiger partial charge on any atom is 0.336 e. The zero-order chi connectivity index (χ0) is 20.1. The predicted octanol–water partition coefficient (Wildman–Crippen LogP) is 2.58. The van der Waals surface area contributed by atoms with Gasteiger partial charge in [0, 0.05) is 28.3 Å². The average molecular weight is 412 g/mol. The van der Waals surface area contributed by atoms with Crippen LogP contribution in [0.3, 0.4) is 0 Å². The molecule has 2 rings (SSSR count). The van der Waals surface area contributed by atoms with Crippen LogP contribution in [0.5, 0.6) is 0 Å². The molecule has 0 aliphatic carbocycles. The zero-order valence-corrected chi connectivity index (χ0v) is 16.9. The molecule has 2 atom stereocenters. The maximum atomic E-state index is 12.7. The van der Waals surface area contributed by atoms with Gasteiger partial charge in [-0.1, -0.05) is 29.8 Å². The number of aliphatic hydroxyl groups is 1. The number of dihydropyridines is 1. The highest BCUT2D eigenvalue weighted by atomic mass is 35.5. The van der Waals surface area contributed by atoms with Gasteiger partial charge in [0.25, 0.3) is 0 Å². The van der Waals surface area contributed by atoms with Crippen LogP contribution < -0.4 is 5.32 Å². The fourth-order valence-corrected chi connectivity index (χ4v) is 3.69. The summed E-state index contributed by atoms with van der Waals surface area (Å²) < 4.78 is 9.93. The summed E-state index contributed by atoms with van der Waals surface area (Å²) in [6, 6.07) is 6.96. The standard InChI is InChI=1S/C19H22ClNO5S/c1-10-14(18(23)25-2)15(11-6-4-5-7-12(11)20)16(19(24)26-3)17(21-10)13(27)8-9-22/h4-7,13,15,21-22,27H,8-9H2,1-3H3. The van der Waals surface area contributed by atoms with Gasteiger partial charge in [0.15, 0.2) is 0 Å². The number of aliphatic hydroxyl groups excluding tert-OH is 1. The lowest BCUT2D eigenvalue weighted by molar-refractivity contribution is -0.137. The molecule has 1 aromatic carbocycles. The molecule has 1 aliphatic heterocycles. The van der Waals surface area contributed by atoms with E-state index in [9.17, 15) is 14.7 Å². The quantitative estimate of drug-likeness (QED) is 0.493. The van der Waals surface area contributed by atoms with E-state index in [4.69, 9.17) is 21.1 Å². The normalized spacial score (nSPS) is 18.1. The molecule has 0 bridgehead atoms. The minimum Gasteiger partial charge on any atom is -0.466 e. The number of methoxy groups -OCH3 is 2. The zero-order valence-electron chi connectivity index (χ0n) is 15.3. The molecule has 8 heteroatoms. The van der Waals surface area contributed by atoms with E-state index in [0.717, 1.165) is 0 Å². The maximum absolute atomic E-state index is 12.7. The number of ether oxygens (including phenoxy) is 2. The molecule has 6 nitrogen and oxygen atoms in total. The van der Waals surface area contributed by atoms with Gasteiger partial charge in [0.1, 0.15) is 0 Å². The van der Waals surface area contributed by atoms with Crippen molar-refractivity contribution in [2.24, 2.45) is 0 Å². The van der Waals surface area contributed by atoms with Gasteiger partial charge >= 0.3 is 11.9 Å². The van der Waals surface area contributed by atoms with Gasteiger partial charge < -0.3 is 19.9 Å². The molecular weight excluding hydrogens is 390 g/mol. The first kappa shape index (κ1) is 21.3. The SMILES string of the molecule is COC(=O)C1=C(C)NC(C(S)CCO)=C(C(=O)OC)C1c1ccccc1Cl. The number of allylic oxidation sites excluding steroid dienone is 1. The number of nitrogens with one attached hydrogen (secondary N) is 1. The first-order valence-corrected chi connectivity index (χ1v) is 9.18. The van der Waals surface area contributed by atoms with E-state index in [1.165, 1.54) is 14.2 Å².